The molecule has 0 bridgehead atoms. The van der Waals surface area contributed by atoms with Gasteiger partial charge in [0.2, 0.25) is 11.8 Å². The van der Waals surface area contributed by atoms with Gasteiger partial charge in [-0.15, -0.1) is 0 Å². The highest BCUT2D eigenvalue weighted by atomic mass is 16.7. The van der Waals surface area contributed by atoms with E-state index < -0.39 is 0 Å². The van der Waals surface area contributed by atoms with Crippen LogP contribution < -0.4 is 10.8 Å². The minimum absolute atomic E-state index is 0.147. The van der Waals surface area contributed by atoms with E-state index >= 15 is 0 Å². The first-order valence-corrected chi connectivity index (χ1v) is 3.82. The summed E-state index contributed by atoms with van der Waals surface area (Å²) in [5.41, 5.74) is 2.15. The summed E-state index contributed by atoms with van der Waals surface area (Å²) in [5.74, 6) is -0.479. The first kappa shape index (κ1) is 10.9. The molecule has 2 N–H and O–H groups in total. The molecule has 0 atom stereocenters. The molecule has 0 saturated heterocycles. The molecule has 70 valence electrons. The zero-order valence-electron chi connectivity index (χ0n) is 7.35. The van der Waals surface area contributed by atoms with Gasteiger partial charge in [0.25, 0.3) is 0 Å². The van der Waals surface area contributed by atoms with Crippen LogP contribution in [0, 0.1) is 0 Å². The quantitative estimate of drug-likeness (QED) is 0.556. The number of nitrogens with one attached hydrogen (secondary N) is 2. The minimum Gasteiger partial charge on any atom is -0.357 e. The molecule has 0 spiro atoms. The Bertz CT molecular complexity index is 159. The number of likely N-dealkylation sites (N-methyl/N-ethyl adjacent to an activating group) is 1. The second-order valence-electron chi connectivity index (χ2n) is 2.24. The predicted octanol–water partition coefficient (Wildman–Crippen LogP) is -0.420. The molecule has 0 heterocycles. The third-order valence-corrected chi connectivity index (χ3v) is 1.15. The van der Waals surface area contributed by atoms with Crippen molar-refractivity contribution in [2.24, 2.45) is 0 Å². The van der Waals surface area contributed by atoms with E-state index in [0.717, 1.165) is 6.42 Å². The van der Waals surface area contributed by atoms with Crippen molar-refractivity contribution in [3.8, 4) is 0 Å². The van der Waals surface area contributed by atoms with Crippen LogP contribution >= 0.6 is 0 Å². The van der Waals surface area contributed by atoms with Gasteiger partial charge in [-0.3, -0.25) is 14.4 Å². The molecule has 0 rings (SSSR count). The Morgan fingerprint density at radius 2 is 2.00 bits per heavy atom. The summed E-state index contributed by atoms with van der Waals surface area (Å²) in [6, 6.07) is 0. The number of carbonyl (C=O) groups is 2. The summed E-state index contributed by atoms with van der Waals surface area (Å²) in [6.45, 7) is 1.74. The summed E-state index contributed by atoms with van der Waals surface area (Å²) in [7, 11) is 1.50. The maximum Gasteiger partial charge on any atom is 0.248 e. The van der Waals surface area contributed by atoms with Crippen LogP contribution in [0.25, 0.3) is 0 Å². The van der Waals surface area contributed by atoms with Crippen molar-refractivity contribution < 1.29 is 14.4 Å². The second-order valence-corrected chi connectivity index (χ2v) is 2.24. The van der Waals surface area contributed by atoms with E-state index in [9.17, 15) is 9.59 Å². The fourth-order valence-electron chi connectivity index (χ4n) is 0.532. The van der Waals surface area contributed by atoms with Crippen molar-refractivity contribution in [3.05, 3.63) is 0 Å². The van der Waals surface area contributed by atoms with Gasteiger partial charge >= 0.3 is 0 Å². The fourth-order valence-corrected chi connectivity index (χ4v) is 0.532. The van der Waals surface area contributed by atoms with Crippen molar-refractivity contribution in [1.29, 1.82) is 0 Å². The zero-order chi connectivity index (χ0) is 9.40. The van der Waals surface area contributed by atoms with Crippen LogP contribution in [0.15, 0.2) is 0 Å². The highest BCUT2D eigenvalue weighted by Crippen LogP contribution is 1.84. The molecule has 12 heavy (non-hydrogen) atoms. The third kappa shape index (κ3) is 5.67. The van der Waals surface area contributed by atoms with Crippen LogP contribution in [0.3, 0.4) is 0 Å². The maximum absolute atomic E-state index is 10.7. The summed E-state index contributed by atoms with van der Waals surface area (Å²) >= 11 is 0. The highest BCUT2D eigenvalue weighted by Gasteiger charge is 2.00. The Kier molecular flexibility index (Phi) is 6.00. The van der Waals surface area contributed by atoms with Crippen molar-refractivity contribution >= 4 is 11.8 Å². The van der Waals surface area contributed by atoms with Crippen LogP contribution in [0.2, 0.25) is 0 Å². The Hall–Kier alpha value is -1.10. The molecular weight excluding hydrogens is 160 g/mol. The molecule has 0 aromatic carbocycles. The standard InChI is InChI=1S/C7H14N2O3/c1-3-4-6(10)9-12-5-7(11)8-2/h3-5H2,1-2H3,(H,8,11)(H,9,10). The lowest BCUT2D eigenvalue weighted by Gasteiger charge is -2.03. The first-order chi connectivity index (χ1) is 5.70. The van der Waals surface area contributed by atoms with Gasteiger partial charge in [-0.2, -0.15) is 0 Å². The van der Waals surface area contributed by atoms with Crippen LogP contribution in [0.5, 0.6) is 0 Å². The minimum atomic E-state index is -0.271. The van der Waals surface area contributed by atoms with E-state index in [4.69, 9.17) is 0 Å². The summed E-state index contributed by atoms with van der Waals surface area (Å²) in [5, 5.41) is 2.36. The number of hydrogen-bond donors (Lipinski definition) is 2. The van der Waals surface area contributed by atoms with E-state index in [0.29, 0.717) is 6.42 Å². The highest BCUT2D eigenvalue weighted by molar-refractivity contribution is 5.77. The van der Waals surface area contributed by atoms with Gasteiger partial charge in [-0.1, -0.05) is 6.92 Å². The Morgan fingerprint density at radius 3 is 2.50 bits per heavy atom. The van der Waals surface area contributed by atoms with Gasteiger partial charge in [0.05, 0.1) is 0 Å². The van der Waals surface area contributed by atoms with Crippen molar-refractivity contribution in [1.82, 2.24) is 10.8 Å². The summed E-state index contributed by atoms with van der Waals surface area (Å²) < 4.78 is 0. The smallest absolute Gasteiger partial charge is 0.248 e. The zero-order valence-corrected chi connectivity index (χ0v) is 7.35. The molecule has 0 aliphatic carbocycles. The number of amides is 2. The van der Waals surface area contributed by atoms with E-state index in [1.54, 1.807) is 0 Å². The molecule has 0 saturated carbocycles. The van der Waals surface area contributed by atoms with E-state index in [1.165, 1.54) is 7.05 Å². The molecule has 0 aromatic rings. The van der Waals surface area contributed by atoms with Crippen molar-refractivity contribution in [2.75, 3.05) is 13.7 Å². The van der Waals surface area contributed by atoms with Gasteiger partial charge in [0.1, 0.15) is 0 Å². The topological polar surface area (TPSA) is 67.4 Å². The monoisotopic (exact) mass is 174 g/mol. The fraction of sp³-hybridized carbons (Fsp3) is 0.714. The summed E-state index contributed by atoms with van der Waals surface area (Å²) in [6.07, 6.45) is 1.17. The average molecular weight is 174 g/mol. The predicted molar refractivity (Wildman–Crippen MR) is 43.1 cm³/mol. The lowest BCUT2D eigenvalue weighted by molar-refractivity contribution is -0.138. The first-order valence-electron chi connectivity index (χ1n) is 3.82. The molecule has 0 fully saturated rings. The molecular formula is C7H14N2O3. The van der Waals surface area contributed by atoms with Crippen molar-refractivity contribution in [3.63, 3.8) is 0 Å². The van der Waals surface area contributed by atoms with Crippen LogP contribution in [0.1, 0.15) is 19.8 Å². The molecule has 0 aliphatic heterocycles. The SMILES string of the molecule is CCCC(=O)NOCC(=O)NC. The van der Waals surface area contributed by atoms with E-state index in [-0.39, 0.29) is 18.4 Å². The van der Waals surface area contributed by atoms with Gasteiger partial charge in [0, 0.05) is 13.5 Å². The number of hydrogen-bond acceptors (Lipinski definition) is 3. The van der Waals surface area contributed by atoms with Gasteiger partial charge in [-0.25, -0.2) is 5.48 Å². The lowest BCUT2D eigenvalue weighted by Crippen LogP contribution is -2.30. The van der Waals surface area contributed by atoms with Gasteiger partial charge in [-0.05, 0) is 6.42 Å². The number of hydroxylamine groups is 1. The number of rotatable bonds is 5. The second kappa shape index (κ2) is 6.60. The molecule has 0 aromatic heterocycles. The van der Waals surface area contributed by atoms with Gasteiger partial charge in [0.15, 0.2) is 6.61 Å². The molecule has 0 unspecified atom stereocenters. The van der Waals surface area contributed by atoms with Crippen LogP contribution in [-0.2, 0) is 14.4 Å². The Morgan fingerprint density at radius 1 is 1.33 bits per heavy atom. The van der Waals surface area contributed by atoms with Gasteiger partial charge < -0.3 is 5.32 Å². The molecule has 0 aliphatic rings. The molecule has 5 nitrogen and oxygen atoms in total. The normalized spacial score (nSPS) is 9.17. The summed E-state index contributed by atoms with van der Waals surface area (Å²) in [4.78, 5) is 25.9. The van der Waals surface area contributed by atoms with Crippen LogP contribution in [-0.4, -0.2) is 25.5 Å². The molecule has 5 heteroatoms. The number of carbonyl (C=O) groups excluding carboxylic acids is 2. The van der Waals surface area contributed by atoms with Crippen molar-refractivity contribution in [2.45, 2.75) is 19.8 Å². The maximum atomic E-state index is 10.7. The molecule has 0 radical (unpaired) electrons. The largest absolute Gasteiger partial charge is 0.357 e. The van der Waals surface area contributed by atoms with E-state index in [2.05, 4.69) is 15.6 Å². The van der Waals surface area contributed by atoms with Crippen LogP contribution in [0.4, 0.5) is 0 Å². The van der Waals surface area contributed by atoms with E-state index in [1.807, 2.05) is 6.92 Å². The Balaban J connectivity index is 3.30. The third-order valence-electron chi connectivity index (χ3n) is 1.15. The molecule has 2 amide bonds. The Labute approximate surface area is 71.4 Å². The lowest BCUT2D eigenvalue weighted by atomic mass is 10.3. The average Bonchev–Trinajstić information content (AvgIpc) is 2.04.